The third kappa shape index (κ3) is 4.82. The number of aryl methyl sites for hydroxylation is 1. The predicted molar refractivity (Wildman–Crippen MR) is 148 cm³/mol. The fourth-order valence-corrected chi connectivity index (χ4v) is 5.38. The Labute approximate surface area is 227 Å². The molecule has 38 heavy (non-hydrogen) atoms. The van der Waals surface area contributed by atoms with Crippen molar-refractivity contribution in [2.75, 3.05) is 20.7 Å². The Morgan fingerprint density at radius 1 is 0.763 bits per heavy atom. The minimum Gasteiger partial charge on any atom is -0.493 e. The van der Waals surface area contributed by atoms with Gasteiger partial charge >= 0.3 is 0 Å². The Hall–Kier alpha value is -3.96. The van der Waals surface area contributed by atoms with E-state index >= 15 is 0 Å². The Morgan fingerprint density at radius 2 is 1.45 bits per heavy atom. The van der Waals surface area contributed by atoms with E-state index in [1.165, 1.54) is 0 Å². The van der Waals surface area contributed by atoms with Crippen LogP contribution in [0.1, 0.15) is 42.2 Å². The highest BCUT2D eigenvalue weighted by Crippen LogP contribution is 2.46. The zero-order chi connectivity index (χ0) is 27.7. The smallest absolute Gasteiger partial charge is 0.166 e. The van der Waals surface area contributed by atoms with Gasteiger partial charge in [-0.25, -0.2) is 0 Å². The van der Waals surface area contributed by atoms with Gasteiger partial charge in [-0.05, 0) is 58.9 Å². The van der Waals surface area contributed by atoms with E-state index in [1.807, 2.05) is 83.8 Å². The molecule has 1 atom stereocenters. The zero-order valence-corrected chi connectivity index (χ0v) is 21.8. The van der Waals surface area contributed by atoms with Gasteiger partial charge in [0.05, 0.1) is 14.2 Å². The maximum Gasteiger partial charge on any atom is 0.166 e. The summed E-state index contributed by atoms with van der Waals surface area (Å²) in [7, 11) is 3.27. The number of methoxy groups -OCH3 is 2. The van der Waals surface area contributed by atoms with E-state index in [0.717, 1.165) is 33.4 Å². The normalized spacial score (nSPS) is 18.2. The van der Waals surface area contributed by atoms with E-state index in [-0.39, 0.29) is 12.5 Å². The van der Waals surface area contributed by atoms with Crippen molar-refractivity contribution in [3.63, 3.8) is 0 Å². The van der Waals surface area contributed by atoms with Crippen LogP contribution < -0.4 is 18.9 Å². The lowest BCUT2D eigenvalue weighted by Gasteiger charge is -2.42. The first kappa shape index (κ1) is 22.1. The van der Waals surface area contributed by atoms with Crippen LogP contribution in [0.4, 0.5) is 0 Å². The number of nitrogens with zero attached hydrogens (tertiary/aromatic N) is 1. The molecule has 0 saturated carbocycles. The second-order valence-electron chi connectivity index (χ2n) is 9.67. The van der Waals surface area contributed by atoms with Crippen molar-refractivity contribution < 1.29 is 21.7 Å². The topological polar surface area (TPSA) is 40.2 Å². The van der Waals surface area contributed by atoms with Crippen LogP contribution in [0.5, 0.6) is 23.0 Å². The molecule has 0 N–H and O–H groups in total. The van der Waals surface area contributed by atoms with Gasteiger partial charge in [-0.1, -0.05) is 66.7 Å². The van der Waals surface area contributed by atoms with Crippen LogP contribution in [-0.2, 0) is 32.6 Å². The summed E-state index contributed by atoms with van der Waals surface area (Å²) in [6.07, 6.45) is 0.908. The van der Waals surface area contributed by atoms with Crippen molar-refractivity contribution in [2.45, 2.75) is 38.6 Å². The van der Waals surface area contributed by atoms with Gasteiger partial charge < -0.3 is 18.9 Å². The van der Waals surface area contributed by atoms with Gasteiger partial charge in [0.2, 0.25) is 0 Å². The third-order valence-corrected chi connectivity index (χ3v) is 7.38. The number of benzene rings is 4. The minimum atomic E-state index is -1.55. The number of hydrogen-bond acceptors (Lipinski definition) is 5. The molecule has 0 saturated heterocycles. The molecule has 0 amide bonds. The Bertz CT molecular complexity index is 1490. The Kier molecular flexibility index (Phi) is 6.27. The van der Waals surface area contributed by atoms with Crippen LogP contribution in [0.15, 0.2) is 84.9 Å². The molecular formula is C33H33NO4. The molecule has 2 heterocycles. The summed E-state index contributed by atoms with van der Waals surface area (Å²) in [6, 6.07) is 28.0. The minimum absolute atomic E-state index is 0.147. The van der Waals surface area contributed by atoms with E-state index in [9.17, 15) is 0 Å². The van der Waals surface area contributed by atoms with Crippen LogP contribution in [-0.4, -0.2) is 25.6 Å². The molecule has 6 rings (SSSR count). The summed E-state index contributed by atoms with van der Waals surface area (Å²) >= 11 is 0. The molecule has 1 unspecified atom stereocenters. The fraction of sp³-hybridized carbons (Fsp3) is 0.273. The van der Waals surface area contributed by atoms with Gasteiger partial charge in [-0.15, -0.1) is 0 Å². The lowest BCUT2D eigenvalue weighted by atomic mass is 9.83. The molecule has 4 aromatic carbocycles. The second kappa shape index (κ2) is 10.8. The molecule has 0 bridgehead atoms. The second-order valence-corrected chi connectivity index (χ2v) is 9.67. The molecule has 5 heteroatoms. The van der Waals surface area contributed by atoms with E-state index in [2.05, 4.69) is 6.07 Å². The summed E-state index contributed by atoms with van der Waals surface area (Å²) in [6.45, 7) is -0.294. The van der Waals surface area contributed by atoms with Crippen LogP contribution in [0, 0.1) is 0 Å². The molecule has 2 aliphatic heterocycles. The van der Waals surface area contributed by atoms with Crippen molar-refractivity contribution in [3.05, 3.63) is 118 Å². The monoisotopic (exact) mass is 509 g/mol. The standard InChI is InChI=1S/C33H33NO4/c1-35-30-14-13-25-17-29-27-19-32(37-21-23-9-5-3-6-10-23)31(36-2)18-26(27)15-16-34(29)20-28(25)33(30)38-22-24-11-7-4-8-12-24/h3-14,18-19,29H,15-17,20-22H2,1-2H3/i16D2. The highest BCUT2D eigenvalue weighted by molar-refractivity contribution is 5.55. The van der Waals surface area contributed by atoms with Crippen molar-refractivity contribution in [1.82, 2.24) is 4.90 Å². The molecule has 0 aliphatic carbocycles. The van der Waals surface area contributed by atoms with Crippen LogP contribution in [0.2, 0.25) is 0 Å². The molecule has 0 aromatic heterocycles. The Balaban J connectivity index is 1.35. The summed E-state index contributed by atoms with van der Waals surface area (Å²) in [5, 5.41) is 0. The lowest BCUT2D eigenvalue weighted by molar-refractivity contribution is 0.155. The van der Waals surface area contributed by atoms with Crippen LogP contribution in [0.25, 0.3) is 0 Å². The molecule has 5 nitrogen and oxygen atoms in total. The zero-order valence-electron chi connectivity index (χ0n) is 23.8. The van der Waals surface area contributed by atoms with Crippen molar-refractivity contribution in [1.29, 1.82) is 0 Å². The summed E-state index contributed by atoms with van der Waals surface area (Å²) in [5.74, 6) is 2.63. The number of hydrogen-bond donors (Lipinski definition) is 0. The van der Waals surface area contributed by atoms with Crippen molar-refractivity contribution in [3.8, 4) is 23.0 Å². The average molecular weight is 510 g/mol. The van der Waals surface area contributed by atoms with Crippen molar-refractivity contribution in [2.24, 2.45) is 0 Å². The number of fused-ring (bicyclic) bond motifs is 4. The van der Waals surface area contributed by atoms with Gasteiger partial charge in [-0.2, -0.15) is 0 Å². The molecule has 194 valence electrons. The summed E-state index contributed by atoms with van der Waals surface area (Å²) < 4.78 is 42.0. The molecular weight excluding hydrogens is 474 g/mol. The predicted octanol–water partition coefficient (Wildman–Crippen LogP) is 6.52. The van der Waals surface area contributed by atoms with E-state index in [0.29, 0.717) is 49.2 Å². The highest BCUT2D eigenvalue weighted by atomic mass is 16.5. The quantitative estimate of drug-likeness (QED) is 0.271. The van der Waals surface area contributed by atoms with Crippen LogP contribution >= 0.6 is 0 Å². The van der Waals surface area contributed by atoms with Crippen molar-refractivity contribution >= 4 is 0 Å². The first-order valence-electron chi connectivity index (χ1n) is 14.0. The molecule has 4 aromatic rings. The molecule has 0 spiro atoms. The largest absolute Gasteiger partial charge is 0.493 e. The van der Waals surface area contributed by atoms with Gasteiger partial charge in [0.15, 0.2) is 23.0 Å². The van der Waals surface area contributed by atoms with Crippen LogP contribution in [0.3, 0.4) is 0 Å². The number of rotatable bonds is 8. The summed E-state index contributed by atoms with van der Waals surface area (Å²) in [5.41, 5.74) is 6.28. The van der Waals surface area contributed by atoms with Gasteiger partial charge in [0, 0.05) is 27.4 Å². The average Bonchev–Trinajstić information content (AvgIpc) is 2.98. The SMILES string of the molecule is [2H]C1([2H])Cc2cc(OC)c(OCc3ccccc3)cc2C2Cc3ccc(OC)c(OCc4ccccc4)c3CN21. The molecule has 0 fully saturated rings. The first-order chi connectivity index (χ1) is 19.5. The number of ether oxygens (including phenoxy) is 4. The van der Waals surface area contributed by atoms with Gasteiger partial charge in [0.25, 0.3) is 0 Å². The molecule has 0 radical (unpaired) electrons. The van der Waals surface area contributed by atoms with E-state index < -0.39 is 6.50 Å². The van der Waals surface area contributed by atoms with Gasteiger partial charge in [-0.3, -0.25) is 4.90 Å². The summed E-state index contributed by atoms with van der Waals surface area (Å²) in [4.78, 5) is 1.96. The highest BCUT2D eigenvalue weighted by Gasteiger charge is 2.35. The Morgan fingerprint density at radius 3 is 2.13 bits per heavy atom. The third-order valence-electron chi connectivity index (χ3n) is 7.38. The first-order valence-corrected chi connectivity index (χ1v) is 13.0. The fourth-order valence-electron chi connectivity index (χ4n) is 5.38. The van der Waals surface area contributed by atoms with E-state index in [1.54, 1.807) is 14.2 Å². The molecule has 2 aliphatic rings. The van der Waals surface area contributed by atoms with E-state index in [4.69, 9.17) is 21.7 Å². The van der Waals surface area contributed by atoms with Gasteiger partial charge in [0.1, 0.15) is 13.2 Å². The maximum atomic E-state index is 9.05. The lowest BCUT2D eigenvalue weighted by Crippen LogP contribution is -2.39. The maximum absolute atomic E-state index is 9.05.